The third-order valence-electron chi connectivity index (χ3n) is 4.35. The first kappa shape index (κ1) is 17.0. The van der Waals surface area contributed by atoms with Gasteiger partial charge in [0.2, 0.25) is 0 Å². The zero-order valence-electron chi connectivity index (χ0n) is 13.8. The molecule has 1 atom stereocenters. The fraction of sp³-hybridized carbons (Fsp3) is 0.444. The van der Waals surface area contributed by atoms with Crippen LogP contribution in [0.2, 0.25) is 0 Å². The maximum atomic E-state index is 13.1. The molecule has 24 heavy (non-hydrogen) atoms. The van der Waals surface area contributed by atoms with E-state index in [-0.39, 0.29) is 5.82 Å². The summed E-state index contributed by atoms with van der Waals surface area (Å²) in [4.78, 5) is 11.9. The minimum absolute atomic E-state index is 0.238. The van der Waals surface area contributed by atoms with E-state index in [1.807, 2.05) is 11.6 Å². The van der Waals surface area contributed by atoms with Crippen LogP contribution in [0.5, 0.6) is 0 Å². The summed E-state index contributed by atoms with van der Waals surface area (Å²) in [5.74, 6) is 0.297. The number of halogens is 1. The third kappa shape index (κ3) is 4.39. The summed E-state index contributed by atoms with van der Waals surface area (Å²) in [5, 5.41) is 7.42. The molecule has 1 aliphatic heterocycles. The number of piperidine rings is 1. The van der Waals surface area contributed by atoms with Gasteiger partial charge in [0.05, 0.1) is 10.7 Å². The van der Waals surface area contributed by atoms with Gasteiger partial charge in [-0.05, 0) is 37.1 Å². The van der Waals surface area contributed by atoms with E-state index >= 15 is 0 Å². The quantitative estimate of drug-likeness (QED) is 0.587. The first-order valence-electron chi connectivity index (χ1n) is 8.24. The highest BCUT2D eigenvalue weighted by molar-refractivity contribution is 7.09. The summed E-state index contributed by atoms with van der Waals surface area (Å²) in [6, 6.07) is 6.42. The van der Waals surface area contributed by atoms with Crippen molar-refractivity contribution in [3.63, 3.8) is 0 Å². The highest BCUT2D eigenvalue weighted by Gasteiger charge is 2.23. The Labute approximate surface area is 146 Å². The van der Waals surface area contributed by atoms with E-state index < -0.39 is 0 Å². The van der Waals surface area contributed by atoms with Gasteiger partial charge in [-0.25, -0.2) is 9.37 Å². The van der Waals surface area contributed by atoms with Crippen molar-refractivity contribution in [2.75, 3.05) is 26.7 Å². The van der Waals surface area contributed by atoms with E-state index in [0.29, 0.717) is 5.92 Å². The Balaban J connectivity index is 1.60. The second-order valence-electron chi connectivity index (χ2n) is 5.99. The molecule has 2 heterocycles. The van der Waals surface area contributed by atoms with E-state index in [4.69, 9.17) is 4.84 Å². The van der Waals surface area contributed by atoms with Crippen molar-refractivity contribution in [3.8, 4) is 0 Å². The van der Waals surface area contributed by atoms with Gasteiger partial charge >= 0.3 is 0 Å². The van der Waals surface area contributed by atoms with E-state index in [0.717, 1.165) is 37.3 Å². The summed E-state index contributed by atoms with van der Waals surface area (Å²) in [5.41, 5.74) is 1.76. The van der Waals surface area contributed by atoms with Gasteiger partial charge in [0, 0.05) is 37.0 Å². The highest BCUT2D eigenvalue weighted by Crippen LogP contribution is 2.28. The van der Waals surface area contributed by atoms with Crippen molar-refractivity contribution in [1.82, 2.24) is 9.88 Å². The molecule has 2 aromatic rings. The first-order valence-corrected chi connectivity index (χ1v) is 9.12. The number of thiazole rings is 1. The maximum absolute atomic E-state index is 13.1. The van der Waals surface area contributed by atoms with Gasteiger partial charge in [0.1, 0.15) is 12.9 Å². The second kappa shape index (κ2) is 8.35. The molecule has 1 aromatic carbocycles. The van der Waals surface area contributed by atoms with Crippen LogP contribution < -0.4 is 0 Å². The molecule has 6 heteroatoms. The Morgan fingerprint density at radius 1 is 1.42 bits per heavy atom. The zero-order valence-corrected chi connectivity index (χ0v) is 14.6. The number of hydrogen-bond donors (Lipinski definition) is 0. The number of likely N-dealkylation sites (tertiary alicyclic amines) is 1. The van der Waals surface area contributed by atoms with Crippen LogP contribution in [0.25, 0.3) is 0 Å². The molecule has 1 aromatic heterocycles. The number of rotatable bonds is 6. The lowest BCUT2D eigenvalue weighted by Gasteiger charge is -2.31. The van der Waals surface area contributed by atoms with Crippen LogP contribution in [0.15, 0.2) is 41.0 Å². The van der Waals surface area contributed by atoms with Crippen LogP contribution in [0, 0.1) is 5.82 Å². The Hall–Kier alpha value is -1.79. The minimum atomic E-state index is -0.238. The Bertz CT molecular complexity index is 657. The average molecular weight is 347 g/mol. The van der Waals surface area contributed by atoms with Crippen molar-refractivity contribution >= 4 is 17.0 Å². The molecule has 0 amide bonds. The molecule has 1 fully saturated rings. The number of aromatic nitrogens is 1. The Kier molecular flexibility index (Phi) is 5.93. The predicted octanol–water partition coefficient (Wildman–Crippen LogP) is 3.90. The highest BCUT2D eigenvalue weighted by atomic mass is 32.1. The normalized spacial score (nSPS) is 19.4. The van der Waals surface area contributed by atoms with Crippen molar-refractivity contribution in [3.05, 3.63) is 52.2 Å². The lowest BCUT2D eigenvalue weighted by atomic mass is 9.98. The number of oxime groups is 1. The van der Waals surface area contributed by atoms with Gasteiger partial charge in [0.15, 0.2) is 0 Å². The number of benzene rings is 1. The van der Waals surface area contributed by atoms with Gasteiger partial charge in [-0.15, -0.1) is 11.3 Å². The molecule has 0 N–H and O–H groups in total. The smallest absolute Gasteiger partial charge is 0.123 e. The summed E-state index contributed by atoms with van der Waals surface area (Å²) < 4.78 is 13.1. The van der Waals surface area contributed by atoms with Crippen LogP contribution in [-0.2, 0) is 4.84 Å². The molecule has 4 nitrogen and oxygen atoms in total. The Morgan fingerprint density at radius 2 is 2.25 bits per heavy atom. The first-order chi connectivity index (χ1) is 11.8. The average Bonchev–Trinajstić information content (AvgIpc) is 3.14. The van der Waals surface area contributed by atoms with Gasteiger partial charge in [-0.3, -0.25) is 0 Å². The van der Waals surface area contributed by atoms with Crippen molar-refractivity contribution in [1.29, 1.82) is 0 Å². The fourth-order valence-corrected chi connectivity index (χ4v) is 3.92. The fourth-order valence-electron chi connectivity index (χ4n) is 3.16. The van der Waals surface area contributed by atoms with Gasteiger partial charge in [-0.1, -0.05) is 17.3 Å². The van der Waals surface area contributed by atoms with Crippen LogP contribution in [0.1, 0.15) is 35.8 Å². The predicted molar refractivity (Wildman–Crippen MR) is 95.1 cm³/mol. The lowest BCUT2D eigenvalue weighted by molar-refractivity contribution is 0.203. The summed E-state index contributed by atoms with van der Waals surface area (Å²) in [7, 11) is 1.54. The molecule has 1 aliphatic rings. The molecule has 0 spiro atoms. The van der Waals surface area contributed by atoms with Crippen LogP contribution in [-0.4, -0.2) is 42.3 Å². The van der Waals surface area contributed by atoms with E-state index in [1.165, 1.54) is 30.0 Å². The largest absolute Gasteiger partial charge is 0.399 e. The molecule has 1 unspecified atom stereocenters. The lowest BCUT2D eigenvalue weighted by Crippen LogP contribution is -2.35. The van der Waals surface area contributed by atoms with Crippen molar-refractivity contribution in [2.24, 2.45) is 5.16 Å². The molecule has 1 saturated heterocycles. The molecule has 0 saturated carbocycles. The molecule has 3 rings (SSSR count). The molecule has 0 radical (unpaired) electrons. The van der Waals surface area contributed by atoms with E-state index in [1.54, 1.807) is 30.6 Å². The third-order valence-corrected chi connectivity index (χ3v) is 5.29. The standard InChI is InChI=1S/C18H22FN3OS/c1-23-21-17(14-4-6-16(19)7-5-14)8-11-22-10-2-3-15(13-22)18-20-9-12-24-18/h4-7,9,12,15H,2-3,8,10-11,13H2,1H3/b21-17-. The summed E-state index contributed by atoms with van der Waals surface area (Å²) >= 11 is 1.75. The van der Waals surface area contributed by atoms with Crippen LogP contribution in [0.4, 0.5) is 4.39 Å². The molecule has 0 aliphatic carbocycles. The van der Waals surface area contributed by atoms with E-state index in [2.05, 4.69) is 15.0 Å². The molecular formula is C18H22FN3OS. The van der Waals surface area contributed by atoms with Crippen LogP contribution >= 0.6 is 11.3 Å². The topological polar surface area (TPSA) is 37.7 Å². The minimum Gasteiger partial charge on any atom is -0.399 e. The number of nitrogens with zero attached hydrogens (tertiary/aromatic N) is 3. The maximum Gasteiger partial charge on any atom is 0.123 e. The van der Waals surface area contributed by atoms with Crippen molar-refractivity contribution in [2.45, 2.75) is 25.2 Å². The zero-order chi connectivity index (χ0) is 16.8. The summed E-state index contributed by atoms with van der Waals surface area (Å²) in [6.07, 6.45) is 5.07. The second-order valence-corrected chi connectivity index (χ2v) is 6.91. The number of hydrogen-bond acceptors (Lipinski definition) is 5. The van der Waals surface area contributed by atoms with Gasteiger partial charge in [-0.2, -0.15) is 0 Å². The van der Waals surface area contributed by atoms with Crippen molar-refractivity contribution < 1.29 is 9.23 Å². The SMILES string of the molecule is CO/N=C(/CCN1CCCC(c2nccs2)C1)c1ccc(F)cc1. The molecular weight excluding hydrogens is 325 g/mol. The Morgan fingerprint density at radius 3 is 2.96 bits per heavy atom. The summed E-state index contributed by atoms with van der Waals surface area (Å²) in [6.45, 7) is 3.06. The molecule has 128 valence electrons. The van der Waals surface area contributed by atoms with Gasteiger partial charge in [0.25, 0.3) is 0 Å². The van der Waals surface area contributed by atoms with E-state index in [9.17, 15) is 4.39 Å². The monoisotopic (exact) mass is 347 g/mol. The molecule has 0 bridgehead atoms. The van der Waals surface area contributed by atoms with Crippen LogP contribution in [0.3, 0.4) is 0 Å². The van der Waals surface area contributed by atoms with Gasteiger partial charge < -0.3 is 9.74 Å².